The van der Waals surface area contributed by atoms with Gasteiger partial charge in [0.15, 0.2) is 0 Å². The lowest BCUT2D eigenvalue weighted by atomic mass is 9.96. The normalized spacial score (nSPS) is 11.6. The van der Waals surface area contributed by atoms with Crippen molar-refractivity contribution in [2.75, 3.05) is 0 Å². The second-order valence-corrected chi connectivity index (χ2v) is 4.93. The molecule has 0 aliphatic rings. The first kappa shape index (κ1) is 15.9. The Hall–Kier alpha value is -1.08. The third-order valence-electron chi connectivity index (χ3n) is 1.57. The standard InChI is InChI=1S/C10H14FN.F2O2S/c1-10(2,12)7-8-3-5-9(11)6-4-8;1-5(2,3)4/h3-6H,7,12H2,1-2H3;. The minimum Gasteiger partial charge on any atom is -0.325 e. The Kier molecular flexibility index (Phi) is 5.63. The molecule has 0 saturated carbocycles. The summed E-state index contributed by atoms with van der Waals surface area (Å²) in [5, 5.41) is 0. The smallest absolute Gasteiger partial charge is 0.325 e. The first-order valence-corrected chi connectivity index (χ1v) is 5.93. The van der Waals surface area contributed by atoms with Gasteiger partial charge in [0.05, 0.1) is 0 Å². The Morgan fingerprint density at radius 1 is 1.18 bits per heavy atom. The van der Waals surface area contributed by atoms with E-state index >= 15 is 0 Å². The van der Waals surface area contributed by atoms with Crippen molar-refractivity contribution in [1.82, 2.24) is 0 Å². The highest BCUT2D eigenvalue weighted by Crippen LogP contribution is 2.10. The maximum absolute atomic E-state index is 12.5. The molecule has 7 heteroatoms. The molecule has 0 atom stereocenters. The maximum Gasteiger partial charge on any atom is 0.476 e. The van der Waals surface area contributed by atoms with Crippen molar-refractivity contribution in [2.45, 2.75) is 25.8 Å². The fourth-order valence-corrected chi connectivity index (χ4v) is 1.13. The molecule has 0 aliphatic heterocycles. The van der Waals surface area contributed by atoms with E-state index in [2.05, 4.69) is 0 Å². The quantitative estimate of drug-likeness (QED) is 0.838. The molecule has 2 N–H and O–H groups in total. The molecule has 0 amide bonds. The SMILES string of the molecule is CC(C)(N)Cc1ccc(F)cc1.O=S(=O)(F)F. The summed E-state index contributed by atoms with van der Waals surface area (Å²) in [6, 6.07) is 6.45. The van der Waals surface area contributed by atoms with Crippen molar-refractivity contribution in [3.8, 4) is 0 Å². The highest BCUT2D eigenvalue weighted by molar-refractivity contribution is 7.81. The van der Waals surface area contributed by atoms with Gasteiger partial charge in [0, 0.05) is 5.54 Å². The van der Waals surface area contributed by atoms with Gasteiger partial charge in [-0.2, -0.15) is 8.42 Å². The molecule has 0 spiro atoms. The Balaban J connectivity index is 0.000000437. The predicted octanol–water partition coefficient (Wildman–Crippen LogP) is 2.28. The van der Waals surface area contributed by atoms with E-state index in [4.69, 9.17) is 14.2 Å². The largest absolute Gasteiger partial charge is 0.476 e. The van der Waals surface area contributed by atoms with Crippen molar-refractivity contribution < 1.29 is 20.6 Å². The molecule has 0 bridgehead atoms. The van der Waals surface area contributed by atoms with Crippen molar-refractivity contribution in [1.29, 1.82) is 0 Å². The Morgan fingerprint density at radius 2 is 1.53 bits per heavy atom. The summed E-state index contributed by atoms with van der Waals surface area (Å²) in [5.41, 5.74) is 6.66. The molecule has 0 aliphatic carbocycles. The maximum atomic E-state index is 12.5. The van der Waals surface area contributed by atoms with Crippen LogP contribution in [-0.4, -0.2) is 14.0 Å². The van der Waals surface area contributed by atoms with Gasteiger partial charge in [0.25, 0.3) is 0 Å². The number of hydrogen-bond donors (Lipinski definition) is 1. The molecule has 0 radical (unpaired) electrons. The topological polar surface area (TPSA) is 60.2 Å². The van der Waals surface area contributed by atoms with E-state index in [0.717, 1.165) is 12.0 Å². The third kappa shape index (κ3) is 12.9. The highest BCUT2D eigenvalue weighted by Gasteiger charge is 2.10. The molecule has 0 aromatic heterocycles. The number of rotatable bonds is 2. The Morgan fingerprint density at radius 3 is 1.82 bits per heavy atom. The van der Waals surface area contributed by atoms with Crippen LogP contribution in [0.2, 0.25) is 0 Å². The minimum absolute atomic E-state index is 0.200. The second kappa shape index (κ2) is 6.02. The summed E-state index contributed by atoms with van der Waals surface area (Å²) in [6.45, 7) is 3.91. The van der Waals surface area contributed by atoms with Crippen LogP contribution >= 0.6 is 0 Å². The van der Waals surface area contributed by atoms with Gasteiger partial charge in [0.2, 0.25) is 0 Å². The van der Waals surface area contributed by atoms with Crippen LogP contribution in [0.4, 0.5) is 12.2 Å². The minimum atomic E-state index is -5.67. The van der Waals surface area contributed by atoms with Crippen LogP contribution < -0.4 is 5.73 Å². The number of benzene rings is 1. The van der Waals surface area contributed by atoms with E-state index in [9.17, 15) is 12.2 Å². The fraction of sp³-hybridized carbons (Fsp3) is 0.400. The zero-order valence-corrected chi connectivity index (χ0v) is 10.3. The highest BCUT2D eigenvalue weighted by atomic mass is 32.3. The molecule has 3 nitrogen and oxygen atoms in total. The number of nitrogens with two attached hydrogens (primary N) is 1. The number of halogens is 3. The lowest BCUT2D eigenvalue weighted by Crippen LogP contribution is -2.34. The van der Waals surface area contributed by atoms with Crippen LogP contribution in [0.5, 0.6) is 0 Å². The molecule has 17 heavy (non-hydrogen) atoms. The summed E-state index contributed by atoms with van der Waals surface area (Å²) in [6.07, 6.45) is 0.771. The average molecular weight is 269 g/mol. The van der Waals surface area contributed by atoms with Crippen LogP contribution in [0.15, 0.2) is 24.3 Å². The van der Waals surface area contributed by atoms with E-state index < -0.39 is 10.6 Å². The molecule has 0 saturated heterocycles. The fourth-order valence-electron chi connectivity index (χ4n) is 1.13. The third-order valence-corrected chi connectivity index (χ3v) is 1.57. The summed E-state index contributed by atoms with van der Waals surface area (Å²) in [4.78, 5) is 0. The molecule has 98 valence electrons. The van der Waals surface area contributed by atoms with Crippen LogP contribution in [-0.2, 0) is 17.0 Å². The zero-order valence-electron chi connectivity index (χ0n) is 9.45. The van der Waals surface area contributed by atoms with Crippen molar-refractivity contribution in [3.63, 3.8) is 0 Å². The van der Waals surface area contributed by atoms with E-state index in [1.807, 2.05) is 13.8 Å². The van der Waals surface area contributed by atoms with Crippen molar-refractivity contribution in [3.05, 3.63) is 35.6 Å². The molecular weight excluding hydrogens is 255 g/mol. The Bertz CT molecular complexity index is 430. The van der Waals surface area contributed by atoms with Gasteiger partial charge in [-0.15, -0.1) is 0 Å². The average Bonchev–Trinajstić information content (AvgIpc) is 2.03. The molecule has 1 aromatic rings. The van der Waals surface area contributed by atoms with Gasteiger partial charge in [-0.05, 0) is 38.0 Å². The Labute approximate surface area is 98.9 Å². The molecule has 0 heterocycles. The predicted molar refractivity (Wildman–Crippen MR) is 59.5 cm³/mol. The van der Waals surface area contributed by atoms with Gasteiger partial charge >= 0.3 is 10.6 Å². The van der Waals surface area contributed by atoms with Crippen LogP contribution in [0, 0.1) is 5.82 Å². The van der Waals surface area contributed by atoms with Gasteiger partial charge in [0.1, 0.15) is 5.82 Å². The summed E-state index contributed by atoms with van der Waals surface area (Å²) in [7, 11) is -5.67. The zero-order chi connectivity index (χ0) is 13.7. The van der Waals surface area contributed by atoms with Crippen LogP contribution in [0.1, 0.15) is 19.4 Å². The lowest BCUT2D eigenvalue weighted by Gasteiger charge is -2.17. The first-order valence-electron chi connectivity index (χ1n) is 4.65. The summed E-state index contributed by atoms with van der Waals surface area (Å²) >= 11 is 0. The van der Waals surface area contributed by atoms with E-state index in [1.165, 1.54) is 12.1 Å². The van der Waals surface area contributed by atoms with Gasteiger partial charge < -0.3 is 5.73 Å². The van der Waals surface area contributed by atoms with Gasteiger partial charge in [-0.25, -0.2) is 4.39 Å². The van der Waals surface area contributed by atoms with Gasteiger partial charge in [-0.3, -0.25) is 0 Å². The van der Waals surface area contributed by atoms with Crippen LogP contribution in [0.3, 0.4) is 0 Å². The molecular formula is C10H14F3NO2S. The lowest BCUT2D eigenvalue weighted by molar-refractivity contribution is 0.501. The van der Waals surface area contributed by atoms with Gasteiger partial charge in [-0.1, -0.05) is 19.9 Å². The summed E-state index contributed by atoms with van der Waals surface area (Å²) < 4.78 is 49.1. The second-order valence-electron chi connectivity index (χ2n) is 4.17. The number of hydrogen-bond acceptors (Lipinski definition) is 3. The first-order chi connectivity index (χ1) is 7.47. The van der Waals surface area contributed by atoms with E-state index in [-0.39, 0.29) is 11.4 Å². The van der Waals surface area contributed by atoms with E-state index in [0.29, 0.717) is 0 Å². The molecule has 1 aromatic carbocycles. The van der Waals surface area contributed by atoms with Crippen molar-refractivity contribution in [2.24, 2.45) is 5.73 Å². The molecule has 1 rings (SSSR count). The van der Waals surface area contributed by atoms with Crippen LogP contribution in [0.25, 0.3) is 0 Å². The monoisotopic (exact) mass is 269 g/mol. The molecule has 0 fully saturated rings. The van der Waals surface area contributed by atoms with E-state index in [1.54, 1.807) is 12.1 Å². The molecule has 0 unspecified atom stereocenters. The summed E-state index contributed by atoms with van der Waals surface area (Å²) in [5.74, 6) is -0.200. The van der Waals surface area contributed by atoms with Crippen molar-refractivity contribution >= 4 is 10.6 Å².